The molecule has 10 heteroatoms. The number of thioether (sulfide) groups is 1. The number of rotatable bonds is 8. The van der Waals surface area contributed by atoms with Gasteiger partial charge in [0.2, 0.25) is 11.8 Å². The third-order valence-electron chi connectivity index (χ3n) is 8.86. The molecule has 37 heavy (non-hydrogen) atoms. The molecule has 0 spiro atoms. The first kappa shape index (κ1) is 24.7. The third-order valence-corrected chi connectivity index (χ3v) is 11.4. The lowest BCUT2D eigenvalue weighted by atomic mass is 9.68. The van der Waals surface area contributed by atoms with Crippen molar-refractivity contribution in [1.82, 2.24) is 9.88 Å². The van der Waals surface area contributed by atoms with E-state index in [4.69, 9.17) is 5.11 Å². The summed E-state index contributed by atoms with van der Waals surface area (Å²) in [5, 5.41) is 9.96. The van der Waals surface area contributed by atoms with Crippen LogP contribution in [0.2, 0.25) is 0 Å². The highest BCUT2D eigenvalue weighted by molar-refractivity contribution is 8.00. The van der Waals surface area contributed by atoms with Crippen molar-refractivity contribution in [2.24, 2.45) is 29.6 Å². The maximum Gasteiger partial charge on any atom is 0.305 e. The smallest absolute Gasteiger partial charge is 0.305 e. The van der Waals surface area contributed by atoms with E-state index in [9.17, 15) is 19.2 Å². The molecule has 1 aromatic heterocycles. The largest absolute Gasteiger partial charge is 0.481 e. The summed E-state index contributed by atoms with van der Waals surface area (Å²) in [6, 6.07) is 8.51. The Bertz CT molecular complexity index is 1300. The number of likely N-dealkylation sites (tertiary alicyclic amines) is 1. The number of imide groups is 1. The van der Waals surface area contributed by atoms with E-state index in [0.29, 0.717) is 25.8 Å². The predicted octanol–water partition coefficient (Wildman–Crippen LogP) is 3.62. The number of H-pyrrole nitrogens is 1. The minimum absolute atomic E-state index is 0.0327. The summed E-state index contributed by atoms with van der Waals surface area (Å²) in [5.41, 5.74) is 2.27. The maximum absolute atomic E-state index is 13.6. The molecule has 0 radical (unpaired) electrons. The highest BCUT2D eigenvalue weighted by Gasteiger charge is 2.69. The lowest BCUT2D eigenvalue weighted by Crippen LogP contribution is -2.42. The third kappa shape index (κ3) is 3.94. The molecule has 2 saturated carbocycles. The van der Waals surface area contributed by atoms with Crippen molar-refractivity contribution in [2.75, 3.05) is 25.5 Å². The van der Waals surface area contributed by atoms with Crippen LogP contribution in [0, 0.1) is 29.6 Å². The average molecular weight is 542 g/mol. The summed E-state index contributed by atoms with van der Waals surface area (Å²) in [6.45, 7) is 0.377. The standard InChI is InChI=1S/C27H31N3O5S2/c1-29(2)14-9-7-13(8-10-14)18-19-15-12-16(22(19)36-24-23(18)37-27(35)28-24)21-20(15)25(33)30(26(21)34)11-5-3-4-6-17(31)32/h7-10,15-16,18-22H,3-6,11-12H2,1-2H3,(H,28,35)(H,31,32). The molecule has 2 amide bonds. The van der Waals surface area contributed by atoms with Gasteiger partial charge in [0, 0.05) is 48.8 Å². The summed E-state index contributed by atoms with van der Waals surface area (Å²) in [6.07, 6.45) is 2.87. The van der Waals surface area contributed by atoms with Crippen molar-refractivity contribution in [3.8, 4) is 0 Å². The first-order chi connectivity index (χ1) is 17.8. The van der Waals surface area contributed by atoms with Crippen LogP contribution in [0.1, 0.15) is 48.5 Å². The van der Waals surface area contributed by atoms with Crippen LogP contribution in [0.4, 0.5) is 5.69 Å². The van der Waals surface area contributed by atoms with Crippen molar-refractivity contribution in [3.05, 3.63) is 44.4 Å². The quantitative estimate of drug-likeness (QED) is 0.388. The Morgan fingerprint density at radius 2 is 1.76 bits per heavy atom. The molecule has 2 aliphatic carbocycles. The topological polar surface area (TPSA) is 111 Å². The number of nitrogens with zero attached hydrogens (tertiary/aromatic N) is 2. The maximum atomic E-state index is 13.6. The van der Waals surface area contributed by atoms with Crippen molar-refractivity contribution in [2.45, 2.75) is 48.3 Å². The van der Waals surface area contributed by atoms with E-state index in [-0.39, 0.29) is 63.9 Å². The molecule has 2 bridgehead atoms. The van der Waals surface area contributed by atoms with Crippen molar-refractivity contribution >= 4 is 46.6 Å². The molecule has 1 aromatic carbocycles. The van der Waals surface area contributed by atoms with Gasteiger partial charge in [-0.25, -0.2) is 0 Å². The van der Waals surface area contributed by atoms with Crippen LogP contribution in [0.5, 0.6) is 0 Å². The molecule has 2 N–H and O–H groups in total. The van der Waals surface area contributed by atoms with Crippen LogP contribution in [0.15, 0.2) is 34.1 Å². The molecule has 1 saturated heterocycles. The Kier molecular flexibility index (Phi) is 6.22. The Morgan fingerprint density at radius 1 is 1.05 bits per heavy atom. The lowest BCUT2D eigenvalue weighted by molar-refractivity contribution is -0.141. The molecule has 2 aromatic rings. The Labute approximate surface area is 223 Å². The number of amides is 2. The fourth-order valence-corrected chi connectivity index (χ4v) is 10.3. The number of nitrogens with one attached hydrogen (secondary N) is 1. The van der Waals surface area contributed by atoms with Gasteiger partial charge in [-0.15, -0.1) is 11.8 Å². The molecule has 196 valence electrons. The van der Waals surface area contributed by atoms with E-state index in [1.165, 1.54) is 16.2 Å². The van der Waals surface area contributed by atoms with Gasteiger partial charge in [0.15, 0.2) is 0 Å². The van der Waals surface area contributed by atoms with Crippen molar-refractivity contribution < 1.29 is 19.5 Å². The summed E-state index contributed by atoms with van der Waals surface area (Å²) < 4.78 is 0. The minimum Gasteiger partial charge on any atom is -0.481 e. The number of thiazole rings is 1. The Morgan fingerprint density at radius 3 is 2.43 bits per heavy atom. The molecule has 2 aliphatic heterocycles. The molecule has 8 nitrogen and oxygen atoms in total. The van der Waals surface area contributed by atoms with Crippen LogP contribution >= 0.6 is 23.1 Å². The van der Waals surface area contributed by atoms with Crippen LogP contribution in [0.3, 0.4) is 0 Å². The van der Waals surface area contributed by atoms with Gasteiger partial charge in [0.1, 0.15) is 0 Å². The number of aromatic nitrogens is 1. The second-order valence-corrected chi connectivity index (χ2v) is 13.2. The van der Waals surface area contributed by atoms with Gasteiger partial charge in [-0.3, -0.25) is 24.1 Å². The van der Waals surface area contributed by atoms with E-state index in [1.54, 1.807) is 11.8 Å². The number of carbonyl (C=O) groups is 3. The second kappa shape index (κ2) is 9.31. The summed E-state index contributed by atoms with van der Waals surface area (Å²) in [7, 11) is 4.02. The summed E-state index contributed by atoms with van der Waals surface area (Å²) in [5.74, 6) is -0.981. The van der Waals surface area contributed by atoms with E-state index < -0.39 is 5.97 Å². The van der Waals surface area contributed by atoms with E-state index >= 15 is 0 Å². The van der Waals surface area contributed by atoms with E-state index in [1.807, 2.05) is 14.1 Å². The van der Waals surface area contributed by atoms with Gasteiger partial charge in [-0.1, -0.05) is 29.9 Å². The molecule has 7 unspecified atom stereocenters. The molecule has 3 fully saturated rings. The van der Waals surface area contributed by atoms with Crippen LogP contribution in [0.25, 0.3) is 0 Å². The van der Waals surface area contributed by atoms with Crippen molar-refractivity contribution in [1.29, 1.82) is 0 Å². The number of fused-ring (bicyclic) bond motifs is 9. The van der Waals surface area contributed by atoms with Crippen LogP contribution in [-0.4, -0.2) is 58.7 Å². The fraction of sp³-hybridized carbons (Fsp3) is 0.556. The van der Waals surface area contributed by atoms with Gasteiger partial charge in [0.05, 0.1) is 16.9 Å². The molecule has 3 heterocycles. The highest BCUT2D eigenvalue weighted by Crippen LogP contribution is 2.68. The zero-order valence-corrected chi connectivity index (χ0v) is 22.5. The SMILES string of the molecule is CN(C)c1ccc(C2c3sc(=O)[nH]c3SC3C4CC(C5C(=O)N(CCCCCC(=O)O)C(=O)C45)C23)cc1. The average Bonchev–Trinajstić information content (AvgIpc) is 3.58. The van der Waals surface area contributed by atoms with Gasteiger partial charge >= 0.3 is 10.8 Å². The molecule has 4 aliphatic rings. The zero-order chi connectivity index (χ0) is 26.0. The number of hydrogen-bond acceptors (Lipinski definition) is 7. The van der Waals surface area contributed by atoms with Gasteiger partial charge < -0.3 is 15.0 Å². The number of hydrogen-bond donors (Lipinski definition) is 2. The van der Waals surface area contributed by atoms with Crippen molar-refractivity contribution in [3.63, 3.8) is 0 Å². The number of anilines is 1. The number of benzene rings is 1. The minimum atomic E-state index is -0.819. The van der Waals surface area contributed by atoms with E-state index in [0.717, 1.165) is 27.6 Å². The summed E-state index contributed by atoms with van der Waals surface area (Å²) >= 11 is 2.99. The second-order valence-electron chi connectivity index (χ2n) is 11.0. The molecule has 6 rings (SSSR count). The number of carboxylic acid groups (broad SMARTS) is 1. The van der Waals surface area contributed by atoms with Crippen LogP contribution in [-0.2, 0) is 14.4 Å². The van der Waals surface area contributed by atoms with Gasteiger partial charge in [-0.05, 0) is 54.7 Å². The summed E-state index contributed by atoms with van der Waals surface area (Å²) in [4.78, 5) is 57.8. The fourth-order valence-electron chi connectivity index (χ4n) is 7.37. The lowest BCUT2D eigenvalue weighted by Gasteiger charge is -2.43. The van der Waals surface area contributed by atoms with Crippen LogP contribution < -0.4 is 9.77 Å². The normalized spacial score (nSPS) is 31.4. The first-order valence-corrected chi connectivity index (χ1v) is 14.7. The molecule has 7 atom stereocenters. The monoisotopic (exact) mass is 541 g/mol. The number of unbranched alkanes of at least 4 members (excludes halogenated alkanes) is 2. The van der Waals surface area contributed by atoms with Gasteiger partial charge in [0.25, 0.3) is 0 Å². The number of carbonyl (C=O) groups excluding carboxylic acids is 2. The molecular formula is C27H31N3O5S2. The molecular weight excluding hydrogens is 510 g/mol. The Hall–Kier alpha value is -2.59. The van der Waals surface area contributed by atoms with Gasteiger partial charge in [-0.2, -0.15) is 0 Å². The first-order valence-electron chi connectivity index (χ1n) is 13.0. The predicted molar refractivity (Wildman–Crippen MR) is 142 cm³/mol. The number of aromatic amines is 1. The Balaban J connectivity index is 1.28. The highest BCUT2D eigenvalue weighted by atomic mass is 32.2. The van der Waals surface area contributed by atoms with E-state index in [2.05, 4.69) is 34.1 Å². The zero-order valence-electron chi connectivity index (χ0n) is 20.9. The number of aliphatic carboxylic acids is 1. The number of carboxylic acids is 1.